The molecule has 0 radical (unpaired) electrons. The molecule has 2 atom stereocenters. The van der Waals surface area contributed by atoms with Crippen LogP contribution in [0.15, 0.2) is 60.2 Å². The van der Waals surface area contributed by atoms with E-state index < -0.39 is 6.10 Å². The maximum absolute atomic E-state index is 12.4. The first-order valence-electron chi connectivity index (χ1n) is 8.44. The van der Waals surface area contributed by atoms with Gasteiger partial charge in [0.2, 0.25) is 5.91 Å². The number of hydrogen-bond acceptors (Lipinski definition) is 3. The minimum Gasteiger partial charge on any atom is -0.496 e. The summed E-state index contributed by atoms with van der Waals surface area (Å²) in [7, 11) is 1.64. The number of aliphatic hydroxyl groups is 1. The molecule has 1 amide bonds. The molecule has 0 saturated carbocycles. The van der Waals surface area contributed by atoms with E-state index >= 15 is 0 Å². The van der Waals surface area contributed by atoms with Crippen molar-refractivity contribution in [2.24, 2.45) is 0 Å². The third-order valence-electron chi connectivity index (χ3n) is 4.54. The van der Waals surface area contributed by atoms with Crippen LogP contribution in [0.2, 0.25) is 0 Å². The number of fused-ring (bicyclic) bond motifs is 1. The lowest BCUT2D eigenvalue weighted by Gasteiger charge is -2.17. The summed E-state index contributed by atoms with van der Waals surface area (Å²) in [6.07, 6.45) is 2.23. The van der Waals surface area contributed by atoms with Gasteiger partial charge in [0.1, 0.15) is 5.75 Å². The molecule has 0 spiro atoms. The van der Waals surface area contributed by atoms with E-state index in [9.17, 15) is 9.90 Å². The number of benzene rings is 2. The van der Waals surface area contributed by atoms with Crippen LogP contribution >= 0.6 is 0 Å². The summed E-state index contributed by atoms with van der Waals surface area (Å²) < 4.78 is 5.35. The molecule has 25 heavy (non-hydrogen) atoms. The molecule has 0 aliphatic heterocycles. The van der Waals surface area contributed by atoms with Crippen molar-refractivity contribution in [3.8, 4) is 5.75 Å². The topological polar surface area (TPSA) is 58.6 Å². The lowest BCUT2D eigenvalue weighted by Crippen LogP contribution is -2.32. The van der Waals surface area contributed by atoms with Gasteiger partial charge in [-0.2, -0.15) is 0 Å². The van der Waals surface area contributed by atoms with Crippen LogP contribution in [-0.2, 0) is 17.6 Å². The smallest absolute Gasteiger partial charge is 0.244 e. The molecule has 2 aromatic carbocycles. The summed E-state index contributed by atoms with van der Waals surface area (Å²) in [5.41, 5.74) is 4.06. The average molecular weight is 337 g/mol. The van der Waals surface area contributed by atoms with Gasteiger partial charge < -0.3 is 15.2 Å². The van der Waals surface area contributed by atoms with E-state index in [1.54, 1.807) is 13.2 Å². The van der Waals surface area contributed by atoms with Gasteiger partial charge in [0.25, 0.3) is 0 Å². The number of aliphatic hydroxyl groups excluding tert-OH is 1. The van der Waals surface area contributed by atoms with Gasteiger partial charge in [-0.1, -0.05) is 48.0 Å². The zero-order valence-electron chi connectivity index (χ0n) is 14.5. The van der Waals surface area contributed by atoms with Crippen molar-refractivity contribution < 1.29 is 14.6 Å². The molecular formula is C21H23NO3. The number of ether oxygens (including phenoxy) is 1. The monoisotopic (exact) mass is 337 g/mol. The van der Waals surface area contributed by atoms with Crippen LogP contribution in [0, 0.1) is 0 Å². The van der Waals surface area contributed by atoms with E-state index in [1.807, 2.05) is 55.5 Å². The highest BCUT2D eigenvalue weighted by Gasteiger charge is 2.31. The van der Waals surface area contributed by atoms with E-state index in [4.69, 9.17) is 4.74 Å². The predicted molar refractivity (Wildman–Crippen MR) is 97.5 cm³/mol. The molecule has 0 heterocycles. The first-order valence-corrected chi connectivity index (χ1v) is 8.44. The molecule has 2 unspecified atom stereocenters. The van der Waals surface area contributed by atoms with Crippen LogP contribution in [-0.4, -0.2) is 24.2 Å². The number of carbonyl (C=O) groups excluding carboxylic acids is 1. The second kappa shape index (κ2) is 7.53. The van der Waals surface area contributed by atoms with Crippen molar-refractivity contribution >= 4 is 5.91 Å². The number of hydrogen-bond donors (Lipinski definition) is 2. The van der Waals surface area contributed by atoms with Crippen LogP contribution in [0.4, 0.5) is 0 Å². The summed E-state index contributed by atoms with van der Waals surface area (Å²) in [6, 6.07) is 15.3. The van der Waals surface area contributed by atoms with Gasteiger partial charge in [-0.15, -0.1) is 0 Å². The van der Waals surface area contributed by atoms with Gasteiger partial charge in [-0.25, -0.2) is 0 Å². The molecule has 2 aromatic rings. The Hall–Kier alpha value is -2.59. The van der Waals surface area contributed by atoms with Crippen molar-refractivity contribution in [1.82, 2.24) is 5.32 Å². The maximum Gasteiger partial charge on any atom is 0.244 e. The van der Waals surface area contributed by atoms with Crippen LogP contribution in [0.3, 0.4) is 0 Å². The van der Waals surface area contributed by atoms with Gasteiger partial charge in [0.15, 0.2) is 0 Å². The Morgan fingerprint density at radius 2 is 1.96 bits per heavy atom. The minimum atomic E-state index is -0.579. The van der Waals surface area contributed by atoms with Crippen molar-refractivity contribution in [3.63, 3.8) is 0 Å². The summed E-state index contributed by atoms with van der Waals surface area (Å²) in [4.78, 5) is 12.4. The molecule has 1 aliphatic carbocycles. The number of para-hydroxylation sites is 1. The lowest BCUT2D eigenvalue weighted by atomic mass is 10.0. The fourth-order valence-corrected chi connectivity index (χ4v) is 3.37. The Balaban J connectivity index is 1.68. The zero-order chi connectivity index (χ0) is 17.8. The molecule has 0 saturated heterocycles. The van der Waals surface area contributed by atoms with Crippen LogP contribution in [0.25, 0.3) is 0 Å². The molecule has 4 nitrogen and oxygen atoms in total. The molecule has 1 aliphatic rings. The SMILES string of the molecule is COc1ccccc1C/C(C)=C/C(=O)NC1c2ccccc2CC1O. The van der Waals surface area contributed by atoms with Crippen molar-refractivity contribution in [1.29, 1.82) is 0 Å². The number of methoxy groups -OCH3 is 1. The normalized spacial score (nSPS) is 19.4. The number of rotatable bonds is 5. The molecule has 130 valence electrons. The first-order chi connectivity index (χ1) is 12.1. The maximum atomic E-state index is 12.4. The fraction of sp³-hybridized carbons (Fsp3) is 0.286. The Morgan fingerprint density at radius 3 is 2.76 bits per heavy atom. The standard InChI is InChI=1S/C21H23NO3/c1-14(11-16-8-4-6-10-19(16)25-2)12-20(24)22-21-17-9-5-3-7-15(17)13-18(21)23/h3-10,12,18,21,23H,11,13H2,1-2H3,(H,22,24)/b14-12+. The average Bonchev–Trinajstić information content (AvgIpc) is 2.91. The van der Waals surface area contributed by atoms with E-state index in [-0.39, 0.29) is 11.9 Å². The lowest BCUT2D eigenvalue weighted by molar-refractivity contribution is -0.118. The van der Waals surface area contributed by atoms with Crippen LogP contribution < -0.4 is 10.1 Å². The van der Waals surface area contributed by atoms with Crippen LogP contribution in [0.5, 0.6) is 5.75 Å². The van der Waals surface area contributed by atoms with E-state index in [2.05, 4.69) is 5.32 Å². The molecule has 0 bridgehead atoms. The fourth-order valence-electron chi connectivity index (χ4n) is 3.37. The summed E-state index contributed by atoms with van der Waals surface area (Å²) in [5, 5.41) is 13.2. The molecule has 0 fully saturated rings. The molecule has 0 aromatic heterocycles. The summed E-state index contributed by atoms with van der Waals surface area (Å²) in [5.74, 6) is 0.629. The second-order valence-electron chi connectivity index (χ2n) is 6.44. The summed E-state index contributed by atoms with van der Waals surface area (Å²) >= 11 is 0. The van der Waals surface area contributed by atoms with Crippen molar-refractivity contribution in [2.75, 3.05) is 7.11 Å². The van der Waals surface area contributed by atoms with Gasteiger partial charge in [0.05, 0.1) is 19.3 Å². The highest BCUT2D eigenvalue weighted by molar-refractivity contribution is 5.88. The van der Waals surface area contributed by atoms with Crippen molar-refractivity contribution in [3.05, 3.63) is 76.9 Å². The highest BCUT2D eigenvalue weighted by Crippen LogP contribution is 2.31. The van der Waals surface area contributed by atoms with Gasteiger partial charge >= 0.3 is 0 Å². The zero-order valence-corrected chi connectivity index (χ0v) is 14.5. The van der Waals surface area contributed by atoms with E-state index in [0.717, 1.165) is 28.0 Å². The second-order valence-corrected chi connectivity index (χ2v) is 6.44. The minimum absolute atomic E-state index is 0.187. The quantitative estimate of drug-likeness (QED) is 0.825. The van der Waals surface area contributed by atoms with E-state index in [0.29, 0.717) is 12.8 Å². The Morgan fingerprint density at radius 1 is 1.24 bits per heavy atom. The summed E-state index contributed by atoms with van der Waals surface area (Å²) in [6.45, 7) is 1.92. The third-order valence-corrected chi connectivity index (χ3v) is 4.54. The predicted octanol–water partition coefficient (Wildman–Crippen LogP) is 2.96. The largest absolute Gasteiger partial charge is 0.496 e. The van der Waals surface area contributed by atoms with Gasteiger partial charge in [-0.3, -0.25) is 4.79 Å². The van der Waals surface area contributed by atoms with E-state index in [1.165, 1.54) is 0 Å². The number of amides is 1. The first kappa shape index (κ1) is 17.2. The number of allylic oxidation sites excluding steroid dienone is 1. The highest BCUT2D eigenvalue weighted by atomic mass is 16.5. The number of carbonyl (C=O) groups is 1. The Kier molecular flexibility index (Phi) is 5.19. The Labute approximate surface area is 148 Å². The van der Waals surface area contributed by atoms with Crippen molar-refractivity contribution in [2.45, 2.75) is 31.9 Å². The van der Waals surface area contributed by atoms with Gasteiger partial charge in [-0.05, 0) is 36.1 Å². The van der Waals surface area contributed by atoms with Crippen LogP contribution in [0.1, 0.15) is 29.7 Å². The number of nitrogens with one attached hydrogen (secondary N) is 1. The molecule has 3 rings (SSSR count). The molecule has 2 N–H and O–H groups in total. The molecule has 4 heteroatoms. The third kappa shape index (κ3) is 3.91. The Bertz CT molecular complexity index is 797. The van der Waals surface area contributed by atoms with Gasteiger partial charge in [0, 0.05) is 12.5 Å². The molecular weight excluding hydrogens is 314 g/mol.